The summed E-state index contributed by atoms with van der Waals surface area (Å²) in [7, 11) is 1.30. The Morgan fingerprint density at radius 1 is 1.35 bits per heavy atom. The van der Waals surface area contributed by atoms with Crippen LogP contribution in [0, 0.1) is 0 Å². The van der Waals surface area contributed by atoms with Gasteiger partial charge in [-0.3, -0.25) is 4.79 Å². The first-order chi connectivity index (χ1) is 7.95. The molecule has 0 aliphatic rings. The van der Waals surface area contributed by atoms with Gasteiger partial charge >= 0.3 is 6.61 Å². The van der Waals surface area contributed by atoms with E-state index in [-0.39, 0.29) is 22.8 Å². The highest BCUT2D eigenvalue weighted by Crippen LogP contribution is 2.30. The fourth-order valence-corrected chi connectivity index (χ4v) is 1.37. The summed E-state index contributed by atoms with van der Waals surface area (Å²) < 4.78 is 33.2. The van der Waals surface area contributed by atoms with Gasteiger partial charge in [-0.05, 0) is 25.1 Å². The van der Waals surface area contributed by atoms with Crippen LogP contribution in [0.3, 0.4) is 0 Å². The molecule has 0 saturated heterocycles. The lowest BCUT2D eigenvalue weighted by molar-refractivity contribution is -0.0512. The van der Waals surface area contributed by atoms with Crippen molar-refractivity contribution in [2.45, 2.75) is 18.9 Å². The van der Waals surface area contributed by atoms with E-state index in [1.807, 2.05) is 0 Å². The molecule has 0 N–H and O–H groups in total. The lowest BCUT2D eigenvalue weighted by atomic mass is 10.1. The van der Waals surface area contributed by atoms with Gasteiger partial charge in [0.2, 0.25) is 0 Å². The van der Waals surface area contributed by atoms with E-state index in [2.05, 4.69) is 4.74 Å². The zero-order valence-corrected chi connectivity index (χ0v) is 10.0. The zero-order valence-electron chi connectivity index (χ0n) is 9.25. The molecule has 94 valence electrons. The molecular weight excluding hydrogens is 254 g/mol. The molecule has 0 saturated carbocycles. The molecule has 6 heteroatoms. The van der Waals surface area contributed by atoms with Crippen LogP contribution < -0.4 is 9.47 Å². The molecule has 1 rings (SSSR count). The summed E-state index contributed by atoms with van der Waals surface area (Å²) in [6, 6.07) is 3.93. The highest BCUT2D eigenvalue weighted by Gasteiger charge is 2.16. The minimum atomic E-state index is -2.95. The summed E-state index contributed by atoms with van der Waals surface area (Å²) in [4.78, 5) is 11.6. The molecule has 1 atom stereocenters. The van der Waals surface area contributed by atoms with Crippen LogP contribution in [-0.2, 0) is 0 Å². The van der Waals surface area contributed by atoms with E-state index in [1.165, 1.54) is 32.2 Å². The molecular formula is C11H11ClF2O3. The third kappa shape index (κ3) is 3.56. The Balaban J connectivity index is 3.04. The highest BCUT2D eigenvalue weighted by atomic mass is 35.5. The number of halogens is 3. The van der Waals surface area contributed by atoms with Gasteiger partial charge in [0.15, 0.2) is 17.3 Å². The SMILES string of the molecule is COc1cc(C(=O)C(C)Cl)ccc1OC(F)F. The smallest absolute Gasteiger partial charge is 0.387 e. The fraction of sp³-hybridized carbons (Fsp3) is 0.364. The highest BCUT2D eigenvalue weighted by molar-refractivity contribution is 6.33. The average Bonchev–Trinajstić information content (AvgIpc) is 2.27. The molecule has 0 amide bonds. The Bertz CT molecular complexity index is 408. The maximum absolute atomic E-state index is 12.1. The molecule has 0 radical (unpaired) electrons. The quantitative estimate of drug-likeness (QED) is 0.605. The number of alkyl halides is 3. The van der Waals surface area contributed by atoms with Gasteiger partial charge in [-0.2, -0.15) is 8.78 Å². The van der Waals surface area contributed by atoms with Crippen LogP contribution in [0.5, 0.6) is 11.5 Å². The van der Waals surface area contributed by atoms with Crippen molar-refractivity contribution in [3.05, 3.63) is 23.8 Å². The predicted molar refractivity (Wildman–Crippen MR) is 59.3 cm³/mol. The molecule has 1 unspecified atom stereocenters. The Kier molecular flexibility index (Phi) is 4.69. The maximum Gasteiger partial charge on any atom is 0.387 e. The number of hydrogen-bond donors (Lipinski definition) is 0. The van der Waals surface area contributed by atoms with Crippen LogP contribution in [0.1, 0.15) is 17.3 Å². The molecule has 0 bridgehead atoms. The van der Waals surface area contributed by atoms with E-state index >= 15 is 0 Å². The van der Waals surface area contributed by atoms with E-state index in [0.29, 0.717) is 0 Å². The summed E-state index contributed by atoms with van der Waals surface area (Å²) in [5.74, 6) is -0.372. The fourth-order valence-electron chi connectivity index (χ4n) is 1.24. The Morgan fingerprint density at radius 2 is 2.00 bits per heavy atom. The lowest BCUT2D eigenvalue weighted by Gasteiger charge is -2.11. The van der Waals surface area contributed by atoms with Gasteiger partial charge in [-0.15, -0.1) is 11.6 Å². The van der Waals surface area contributed by atoms with Crippen molar-refractivity contribution < 1.29 is 23.0 Å². The van der Waals surface area contributed by atoms with Crippen LogP contribution in [-0.4, -0.2) is 24.9 Å². The Hall–Kier alpha value is -1.36. The summed E-state index contributed by atoms with van der Waals surface area (Å²) in [6.07, 6.45) is 0. The third-order valence-corrected chi connectivity index (χ3v) is 2.22. The minimum Gasteiger partial charge on any atom is -0.493 e. The van der Waals surface area contributed by atoms with E-state index in [1.54, 1.807) is 0 Å². The molecule has 0 aliphatic carbocycles. The molecule has 1 aromatic rings. The number of carbonyl (C=O) groups is 1. The Morgan fingerprint density at radius 3 is 2.47 bits per heavy atom. The topological polar surface area (TPSA) is 35.5 Å². The molecule has 17 heavy (non-hydrogen) atoms. The average molecular weight is 265 g/mol. The van der Waals surface area contributed by atoms with Crippen LogP contribution in [0.25, 0.3) is 0 Å². The number of benzene rings is 1. The first-order valence-electron chi connectivity index (χ1n) is 4.77. The van der Waals surface area contributed by atoms with Crippen LogP contribution in [0.4, 0.5) is 8.78 Å². The second kappa shape index (κ2) is 5.82. The van der Waals surface area contributed by atoms with Crippen LogP contribution in [0.15, 0.2) is 18.2 Å². The summed E-state index contributed by atoms with van der Waals surface area (Å²) in [6.45, 7) is -1.42. The van der Waals surface area contributed by atoms with Gasteiger partial charge in [-0.25, -0.2) is 0 Å². The van der Waals surface area contributed by atoms with Crippen molar-refractivity contribution in [2.24, 2.45) is 0 Å². The van der Waals surface area contributed by atoms with Crippen molar-refractivity contribution in [1.82, 2.24) is 0 Å². The standard InChI is InChI=1S/C11H11ClF2O3/c1-6(12)10(15)7-3-4-8(17-11(13)14)9(5-7)16-2/h3-6,11H,1-2H3. The van der Waals surface area contributed by atoms with Crippen molar-refractivity contribution in [2.75, 3.05) is 7.11 Å². The normalized spacial score (nSPS) is 12.4. The molecule has 0 heterocycles. The van der Waals surface area contributed by atoms with Crippen molar-refractivity contribution in [3.63, 3.8) is 0 Å². The van der Waals surface area contributed by atoms with Gasteiger partial charge in [0.05, 0.1) is 12.5 Å². The van der Waals surface area contributed by atoms with E-state index in [0.717, 1.165) is 0 Å². The number of rotatable bonds is 5. The second-order valence-corrected chi connectivity index (χ2v) is 3.88. The van der Waals surface area contributed by atoms with E-state index < -0.39 is 12.0 Å². The first-order valence-corrected chi connectivity index (χ1v) is 5.20. The molecule has 1 aromatic carbocycles. The minimum absolute atomic E-state index is 0.0634. The monoisotopic (exact) mass is 264 g/mol. The second-order valence-electron chi connectivity index (χ2n) is 3.22. The van der Waals surface area contributed by atoms with Gasteiger partial charge < -0.3 is 9.47 Å². The van der Waals surface area contributed by atoms with Gasteiger partial charge in [0.1, 0.15) is 0 Å². The van der Waals surface area contributed by atoms with Crippen LogP contribution >= 0.6 is 11.6 Å². The number of methoxy groups -OCH3 is 1. The molecule has 3 nitrogen and oxygen atoms in total. The number of Topliss-reactive ketones (excluding diaryl/α,β-unsaturated/α-hetero) is 1. The van der Waals surface area contributed by atoms with Crippen molar-refractivity contribution in [3.8, 4) is 11.5 Å². The Labute approximate surface area is 102 Å². The molecule has 0 aliphatic heterocycles. The van der Waals surface area contributed by atoms with E-state index in [9.17, 15) is 13.6 Å². The predicted octanol–water partition coefficient (Wildman–Crippen LogP) is 3.11. The van der Waals surface area contributed by atoms with Gasteiger partial charge in [0, 0.05) is 5.56 Å². The molecule has 0 spiro atoms. The van der Waals surface area contributed by atoms with Gasteiger partial charge in [-0.1, -0.05) is 0 Å². The van der Waals surface area contributed by atoms with Crippen molar-refractivity contribution in [1.29, 1.82) is 0 Å². The number of ether oxygens (including phenoxy) is 2. The maximum atomic E-state index is 12.1. The lowest BCUT2D eigenvalue weighted by Crippen LogP contribution is -2.11. The largest absolute Gasteiger partial charge is 0.493 e. The van der Waals surface area contributed by atoms with Crippen molar-refractivity contribution >= 4 is 17.4 Å². The summed E-state index contributed by atoms with van der Waals surface area (Å²) >= 11 is 5.64. The van der Waals surface area contributed by atoms with E-state index in [4.69, 9.17) is 16.3 Å². The first kappa shape index (κ1) is 13.7. The summed E-state index contributed by atoms with van der Waals surface area (Å²) in [5.41, 5.74) is 0.283. The third-order valence-electron chi connectivity index (χ3n) is 2.03. The zero-order chi connectivity index (χ0) is 13.0. The summed E-state index contributed by atoms with van der Waals surface area (Å²) in [5, 5.41) is -0.693. The number of hydrogen-bond acceptors (Lipinski definition) is 3. The number of ketones is 1. The van der Waals surface area contributed by atoms with Gasteiger partial charge in [0.25, 0.3) is 0 Å². The number of carbonyl (C=O) groups excluding carboxylic acids is 1. The molecule has 0 aromatic heterocycles. The van der Waals surface area contributed by atoms with Crippen LogP contribution in [0.2, 0.25) is 0 Å². The molecule has 0 fully saturated rings.